The second-order valence-electron chi connectivity index (χ2n) is 9.72. The van der Waals surface area contributed by atoms with Crippen LogP contribution < -0.4 is 0 Å². The number of aliphatic hydroxyl groups is 1. The van der Waals surface area contributed by atoms with Gasteiger partial charge in [0.05, 0.1) is 28.8 Å². The van der Waals surface area contributed by atoms with Gasteiger partial charge in [-0.3, -0.25) is 4.79 Å². The summed E-state index contributed by atoms with van der Waals surface area (Å²) in [4.78, 5) is 24.1. The van der Waals surface area contributed by atoms with E-state index in [1.165, 1.54) is 4.42 Å². The van der Waals surface area contributed by atoms with Crippen LogP contribution in [-0.4, -0.2) is 76.8 Å². The van der Waals surface area contributed by atoms with Crippen LogP contribution in [0.3, 0.4) is 0 Å². The van der Waals surface area contributed by atoms with E-state index in [4.69, 9.17) is 11.8 Å². The highest BCUT2D eigenvalue weighted by Crippen LogP contribution is 2.39. The van der Waals surface area contributed by atoms with Crippen LogP contribution in [0.4, 0.5) is 0 Å². The van der Waals surface area contributed by atoms with Gasteiger partial charge >= 0.3 is 0 Å². The molecule has 2 aromatic heterocycles. The van der Waals surface area contributed by atoms with Crippen molar-refractivity contribution in [1.82, 2.24) is 19.3 Å². The molecule has 1 amide bonds. The number of amides is 1. The van der Waals surface area contributed by atoms with Crippen molar-refractivity contribution in [2.75, 3.05) is 32.0 Å². The number of hydrogen-bond donors (Lipinski definition) is 2. The number of piperidine rings is 1. The molecule has 2 N–H and O–H groups in total. The van der Waals surface area contributed by atoms with E-state index in [-0.39, 0.29) is 29.2 Å². The number of nitrogens with one attached hydrogen (secondary N) is 1. The molecule has 8 nitrogen and oxygen atoms in total. The number of likely N-dealkylation sites (tertiary alicyclic amines) is 1. The monoisotopic (exact) mass is 554 g/mol. The van der Waals surface area contributed by atoms with Crippen LogP contribution >= 0.6 is 11.8 Å². The summed E-state index contributed by atoms with van der Waals surface area (Å²) >= 11 is 6.69. The Morgan fingerprint density at radius 3 is 2.68 bits per heavy atom. The summed E-state index contributed by atoms with van der Waals surface area (Å²) in [6, 6.07) is 12.4. The van der Waals surface area contributed by atoms with Crippen LogP contribution in [-0.2, 0) is 9.84 Å². The summed E-state index contributed by atoms with van der Waals surface area (Å²) in [7, 11) is -3.42. The summed E-state index contributed by atoms with van der Waals surface area (Å²) in [6.07, 6.45) is 3.14. The van der Waals surface area contributed by atoms with E-state index >= 15 is 0 Å². The van der Waals surface area contributed by atoms with E-state index in [0.717, 1.165) is 53.3 Å². The van der Waals surface area contributed by atoms with Crippen LogP contribution in [0.2, 0.25) is 0 Å². The number of benzene rings is 2. The van der Waals surface area contributed by atoms with E-state index in [1.54, 1.807) is 31.3 Å². The highest BCUT2D eigenvalue weighted by atomic mass is 35.5. The van der Waals surface area contributed by atoms with Crippen molar-refractivity contribution < 1.29 is 18.3 Å². The first-order valence-electron chi connectivity index (χ1n) is 12.8. The maximum atomic E-state index is 13.8. The molecule has 1 aliphatic heterocycles. The van der Waals surface area contributed by atoms with Gasteiger partial charge in [-0.05, 0) is 66.8 Å². The average molecular weight is 555 g/mol. The zero-order valence-electron chi connectivity index (χ0n) is 21.4. The van der Waals surface area contributed by atoms with Crippen molar-refractivity contribution in [2.24, 2.45) is 0 Å². The van der Waals surface area contributed by atoms with Crippen LogP contribution in [0.5, 0.6) is 0 Å². The largest absolute Gasteiger partial charge is 0.395 e. The number of rotatable bonds is 7. The summed E-state index contributed by atoms with van der Waals surface area (Å²) in [5.41, 5.74) is 4.10. The summed E-state index contributed by atoms with van der Waals surface area (Å²) in [5, 5.41) is 11.0. The molecule has 0 radical (unpaired) electrons. The van der Waals surface area contributed by atoms with Gasteiger partial charge in [-0.15, -0.1) is 0 Å². The van der Waals surface area contributed by atoms with Crippen LogP contribution in [0.25, 0.3) is 33.1 Å². The van der Waals surface area contributed by atoms with Gasteiger partial charge in [0.15, 0.2) is 9.84 Å². The van der Waals surface area contributed by atoms with Crippen molar-refractivity contribution in [3.8, 4) is 11.1 Å². The fourth-order valence-electron chi connectivity index (χ4n) is 5.31. The number of aliphatic hydroxyl groups excluding tert-OH is 1. The number of fused-ring (bicyclic) bond motifs is 3. The first-order valence-corrected chi connectivity index (χ1v) is 14.8. The van der Waals surface area contributed by atoms with Crippen molar-refractivity contribution in [3.63, 3.8) is 0 Å². The average Bonchev–Trinajstić information content (AvgIpc) is 3.33. The van der Waals surface area contributed by atoms with E-state index in [2.05, 4.69) is 14.9 Å². The Bertz CT molecular complexity index is 1610. The molecule has 0 atom stereocenters. The minimum Gasteiger partial charge on any atom is -0.395 e. The molecule has 2 aromatic carbocycles. The highest BCUT2D eigenvalue weighted by Gasteiger charge is 2.30. The van der Waals surface area contributed by atoms with Gasteiger partial charge in [-0.1, -0.05) is 19.1 Å². The molecule has 0 spiro atoms. The number of aromatic amines is 1. The molecule has 1 fully saturated rings. The zero-order valence-corrected chi connectivity index (χ0v) is 23.0. The number of hydrogen-bond acceptors (Lipinski definition) is 6. The minimum atomic E-state index is -3.42. The maximum Gasteiger partial charge on any atom is 0.268 e. The number of aromatic nitrogens is 2. The smallest absolute Gasteiger partial charge is 0.268 e. The Labute approximate surface area is 227 Å². The Hall–Kier alpha value is -2.98. The van der Waals surface area contributed by atoms with Crippen LogP contribution in [0.15, 0.2) is 53.6 Å². The zero-order chi connectivity index (χ0) is 27.0. The highest BCUT2D eigenvalue weighted by molar-refractivity contribution is 7.91. The molecule has 10 heteroatoms. The predicted octanol–water partition coefficient (Wildman–Crippen LogP) is 4.54. The number of β-amino-alcohol motifs (C(OH)–C–C–N with tert-alkyl or cyclic N) is 1. The molecule has 3 heterocycles. The van der Waals surface area contributed by atoms with Crippen LogP contribution in [0.1, 0.15) is 35.7 Å². The lowest BCUT2D eigenvalue weighted by molar-refractivity contribution is 0.0749. The van der Waals surface area contributed by atoms with Gasteiger partial charge in [-0.25, -0.2) is 17.8 Å². The molecule has 0 bridgehead atoms. The topological polar surface area (TPSA) is 107 Å². The normalized spacial score (nSPS) is 15.4. The molecule has 0 aliphatic carbocycles. The number of H-pyrrole nitrogens is 1. The molecule has 38 heavy (non-hydrogen) atoms. The van der Waals surface area contributed by atoms with E-state index < -0.39 is 9.84 Å². The first-order chi connectivity index (χ1) is 18.2. The fraction of sp³-hybridized carbons (Fsp3) is 0.357. The third kappa shape index (κ3) is 4.80. The molecule has 0 saturated carbocycles. The molecule has 200 valence electrons. The predicted molar refractivity (Wildman–Crippen MR) is 150 cm³/mol. The third-order valence-electron chi connectivity index (χ3n) is 7.51. The van der Waals surface area contributed by atoms with Crippen molar-refractivity contribution in [3.05, 3.63) is 59.8 Å². The van der Waals surface area contributed by atoms with E-state index in [0.29, 0.717) is 23.3 Å². The van der Waals surface area contributed by atoms with Gasteiger partial charge in [0, 0.05) is 53.9 Å². The Balaban J connectivity index is 1.63. The van der Waals surface area contributed by atoms with Crippen molar-refractivity contribution >= 4 is 49.5 Å². The number of carbonyl (C=O) groups is 1. The Kier molecular flexibility index (Phi) is 7.46. The SMILES string of the molecule is CCS(=O)(=O)c1cccc(-c2cc(C(=O)N(Cl)C3CCN(CCO)CC3)c(C)c3[nH]c4ncccc4c23)c1. The van der Waals surface area contributed by atoms with Gasteiger partial charge in [-0.2, -0.15) is 0 Å². The van der Waals surface area contributed by atoms with Crippen LogP contribution in [0, 0.1) is 6.92 Å². The molecular weight excluding hydrogens is 524 g/mol. The number of halogens is 1. The minimum absolute atomic E-state index is 0.00116. The summed E-state index contributed by atoms with van der Waals surface area (Å²) < 4.78 is 26.6. The third-order valence-corrected chi connectivity index (χ3v) is 9.67. The lowest BCUT2D eigenvalue weighted by Gasteiger charge is -2.35. The van der Waals surface area contributed by atoms with Gasteiger partial charge in [0.2, 0.25) is 0 Å². The van der Waals surface area contributed by atoms with E-state index in [9.17, 15) is 18.3 Å². The lowest BCUT2D eigenvalue weighted by Crippen LogP contribution is -2.44. The molecule has 4 aromatic rings. The summed E-state index contributed by atoms with van der Waals surface area (Å²) in [6.45, 7) is 5.76. The Morgan fingerprint density at radius 2 is 1.97 bits per heavy atom. The van der Waals surface area contributed by atoms with Gasteiger partial charge in [0.1, 0.15) is 5.65 Å². The molecule has 1 saturated heterocycles. The standard InChI is InChI=1S/C28H31ClN4O4S/c1-3-38(36,37)21-7-4-6-19(16-21)24-17-23(18(2)26-25(24)22-8-5-11-30-27(22)31-26)28(35)33(29)20-9-12-32(13-10-20)14-15-34/h4-8,11,16-17,20,34H,3,9-10,12-15H2,1-2H3,(H,30,31). The number of carbonyl (C=O) groups excluding carboxylic acids is 1. The first kappa shape index (κ1) is 26.6. The lowest BCUT2D eigenvalue weighted by atomic mass is 9.93. The maximum absolute atomic E-state index is 13.8. The molecule has 1 aliphatic rings. The van der Waals surface area contributed by atoms with E-state index in [1.807, 2.05) is 31.2 Å². The summed E-state index contributed by atoms with van der Waals surface area (Å²) in [5.74, 6) is -0.296. The number of aryl methyl sites for hydroxylation is 1. The molecular formula is C28H31ClN4O4S. The number of nitrogens with zero attached hydrogens (tertiary/aromatic N) is 3. The van der Waals surface area contributed by atoms with Gasteiger partial charge in [0.25, 0.3) is 5.91 Å². The van der Waals surface area contributed by atoms with Gasteiger partial charge < -0.3 is 15.0 Å². The molecule has 0 unspecified atom stereocenters. The second-order valence-corrected chi connectivity index (χ2v) is 12.4. The fourth-order valence-corrected chi connectivity index (χ4v) is 6.52. The number of pyridine rings is 1. The quantitative estimate of drug-likeness (QED) is 0.325. The Morgan fingerprint density at radius 1 is 1.21 bits per heavy atom. The molecule has 5 rings (SSSR count). The second kappa shape index (κ2) is 10.6. The van der Waals surface area contributed by atoms with Crippen molar-refractivity contribution in [1.29, 1.82) is 0 Å². The number of sulfone groups is 1. The van der Waals surface area contributed by atoms with Crippen molar-refractivity contribution in [2.45, 2.75) is 37.6 Å².